The molecule has 0 atom stereocenters. The number of halogens is 2. The molecule has 3 aromatic rings. The van der Waals surface area contributed by atoms with Crippen molar-refractivity contribution in [2.24, 2.45) is 4.99 Å². The number of hydrogen-bond acceptors (Lipinski definition) is 6. The third-order valence-electron chi connectivity index (χ3n) is 4.77. The number of esters is 1. The Morgan fingerprint density at radius 1 is 1.06 bits per heavy atom. The van der Waals surface area contributed by atoms with Gasteiger partial charge in [-0.05, 0) is 80.3 Å². The third kappa shape index (κ3) is 5.37. The van der Waals surface area contributed by atoms with Crippen LogP contribution in [0.15, 0.2) is 80.3 Å². The van der Waals surface area contributed by atoms with Crippen LogP contribution in [0.2, 0.25) is 0 Å². The molecular weight excluding hydrogens is 556 g/mol. The van der Waals surface area contributed by atoms with E-state index in [4.69, 9.17) is 9.47 Å². The fourth-order valence-electron chi connectivity index (χ4n) is 3.06. The van der Waals surface area contributed by atoms with E-state index in [2.05, 4.69) is 36.9 Å². The van der Waals surface area contributed by atoms with Gasteiger partial charge in [0.25, 0.3) is 5.69 Å². The van der Waals surface area contributed by atoms with Crippen LogP contribution in [0.3, 0.4) is 0 Å². The molecule has 9 heteroatoms. The van der Waals surface area contributed by atoms with Crippen LogP contribution < -0.4 is 4.74 Å². The fraction of sp³-hybridized carbons (Fsp3) is 0.0833. The summed E-state index contributed by atoms with van der Waals surface area (Å²) >= 11 is 7.05. The summed E-state index contributed by atoms with van der Waals surface area (Å²) in [7, 11) is 0. The second-order valence-corrected chi connectivity index (χ2v) is 8.94. The number of ether oxygens (including phenoxy) is 2. The minimum atomic E-state index is -0.602. The number of rotatable bonds is 6. The Morgan fingerprint density at radius 2 is 1.70 bits per heavy atom. The van der Waals surface area contributed by atoms with Gasteiger partial charge in [-0.1, -0.05) is 29.8 Å². The number of cyclic esters (lactones) is 1. The lowest BCUT2D eigenvalue weighted by molar-refractivity contribution is -0.384. The third-order valence-corrected chi connectivity index (χ3v) is 5.95. The topological polar surface area (TPSA) is 91.0 Å². The van der Waals surface area contributed by atoms with Gasteiger partial charge in [0.1, 0.15) is 12.4 Å². The van der Waals surface area contributed by atoms with Gasteiger partial charge in [0.05, 0.1) is 13.9 Å². The second-order valence-electron chi connectivity index (χ2n) is 7.23. The summed E-state index contributed by atoms with van der Waals surface area (Å²) in [5.74, 6) is 0.134. The van der Waals surface area contributed by atoms with E-state index in [-0.39, 0.29) is 17.3 Å². The maximum Gasteiger partial charge on any atom is 0.363 e. The Morgan fingerprint density at radius 3 is 2.30 bits per heavy atom. The summed E-state index contributed by atoms with van der Waals surface area (Å²) in [5.41, 5.74) is 3.47. The Labute approximate surface area is 206 Å². The van der Waals surface area contributed by atoms with Crippen molar-refractivity contribution in [3.63, 3.8) is 0 Å². The largest absolute Gasteiger partial charge is 0.487 e. The van der Waals surface area contributed by atoms with Crippen LogP contribution in [0, 0.1) is 17.0 Å². The van der Waals surface area contributed by atoms with Gasteiger partial charge in [-0.3, -0.25) is 10.1 Å². The van der Waals surface area contributed by atoms with Crippen molar-refractivity contribution < 1.29 is 19.2 Å². The van der Waals surface area contributed by atoms with Crippen molar-refractivity contribution in [2.45, 2.75) is 13.5 Å². The lowest BCUT2D eigenvalue weighted by atomic mass is 10.1. The lowest BCUT2D eigenvalue weighted by Crippen LogP contribution is -2.05. The number of aliphatic imine (C=N–C) groups is 1. The Hall–Kier alpha value is -3.30. The highest BCUT2D eigenvalue weighted by atomic mass is 79.9. The molecule has 1 heterocycles. The molecule has 0 saturated carbocycles. The van der Waals surface area contributed by atoms with Gasteiger partial charge in [-0.15, -0.1) is 0 Å². The van der Waals surface area contributed by atoms with Gasteiger partial charge >= 0.3 is 5.97 Å². The van der Waals surface area contributed by atoms with Crippen molar-refractivity contribution in [1.29, 1.82) is 0 Å². The second kappa shape index (κ2) is 9.68. The number of nitro benzene ring substituents is 1. The number of carbonyl (C=O) groups excluding carboxylic acids is 1. The van der Waals surface area contributed by atoms with Gasteiger partial charge in [0.15, 0.2) is 5.70 Å². The van der Waals surface area contributed by atoms with Crippen LogP contribution in [0.5, 0.6) is 5.75 Å². The molecule has 0 unspecified atom stereocenters. The van der Waals surface area contributed by atoms with Gasteiger partial charge < -0.3 is 9.47 Å². The van der Waals surface area contributed by atoms with Crippen LogP contribution in [0.25, 0.3) is 6.08 Å². The maximum atomic E-state index is 12.3. The van der Waals surface area contributed by atoms with Crippen molar-refractivity contribution in [3.8, 4) is 5.75 Å². The number of carbonyl (C=O) groups is 1. The van der Waals surface area contributed by atoms with Gasteiger partial charge in [0.2, 0.25) is 5.90 Å². The molecule has 1 aliphatic heterocycles. The summed E-state index contributed by atoms with van der Waals surface area (Å²) in [5, 5.41) is 10.8. The number of non-ortho nitro benzene ring substituents is 1. The Kier molecular flexibility index (Phi) is 6.71. The highest BCUT2D eigenvalue weighted by Crippen LogP contribution is 2.36. The fourth-order valence-corrected chi connectivity index (χ4v) is 4.51. The quantitative estimate of drug-likeness (QED) is 0.149. The van der Waals surface area contributed by atoms with Crippen molar-refractivity contribution >= 4 is 55.5 Å². The molecule has 3 aromatic carbocycles. The molecule has 0 spiro atoms. The molecule has 0 saturated heterocycles. The lowest BCUT2D eigenvalue weighted by Gasteiger charge is -2.11. The van der Waals surface area contributed by atoms with E-state index < -0.39 is 10.9 Å². The zero-order chi connectivity index (χ0) is 23.5. The SMILES string of the molecule is Cc1ccc(COc2c(Br)cc(/C=C3\N=C(c4ccc([N+](=O)[O-])cc4)OC3=O)cc2Br)cc1. The van der Waals surface area contributed by atoms with E-state index in [9.17, 15) is 14.9 Å². The van der Waals surface area contributed by atoms with Crippen LogP contribution >= 0.6 is 31.9 Å². The summed E-state index contributed by atoms with van der Waals surface area (Å²) in [4.78, 5) is 26.9. The molecule has 0 aliphatic carbocycles. The van der Waals surface area contributed by atoms with Crippen LogP contribution in [0.4, 0.5) is 5.69 Å². The summed E-state index contributed by atoms with van der Waals surface area (Å²) in [6, 6.07) is 17.4. The molecule has 33 heavy (non-hydrogen) atoms. The number of nitro groups is 1. The monoisotopic (exact) mass is 570 g/mol. The molecule has 4 rings (SSSR count). The average molecular weight is 572 g/mol. The molecule has 1 aliphatic rings. The number of aryl methyl sites for hydroxylation is 1. The molecule has 0 amide bonds. The maximum absolute atomic E-state index is 12.3. The van der Waals surface area contributed by atoms with Crippen LogP contribution in [0.1, 0.15) is 22.3 Å². The molecule has 166 valence electrons. The number of hydrogen-bond donors (Lipinski definition) is 0. The van der Waals surface area contributed by atoms with Crippen molar-refractivity contribution in [1.82, 2.24) is 0 Å². The molecule has 0 aromatic heterocycles. The predicted octanol–water partition coefficient (Wildman–Crippen LogP) is 6.35. The highest BCUT2D eigenvalue weighted by Gasteiger charge is 2.25. The average Bonchev–Trinajstić information content (AvgIpc) is 3.14. The molecule has 0 radical (unpaired) electrons. The minimum Gasteiger partial charge on any atom is -0.487 e. The molecular formula is C24H16Br2N2O5. The van der Waals surface area contributed by atoms with E-state index in [1.54, 1.807) is 6.08 Å². The van der Waals surface area contributed by atoms with Crippen LogP contribution in [-0.4, -0.2) is 16.8 Å². The first-order valence-electron chi connectivity index (χ1n) is 9.75. The van der Waals surface area contributed by atoms with E-state index in [1.807, 2.05) is 43.3 Å². The van der Waals surface area contributed by atoms with Gasteiger partial charge in [-0.2, -0.15) is 0 Å². The summed E-state index contributed by atoms with van der Waals surface area (Å²) in [6.45, 7) is 2.44. The summed E-state index contributed by atoms with van der Waals surface area (Å²) < 4.78 is 12.6. The van der Waals surface area contributed by atoms with Gasteiger partial charge in [-0.25, -0.2) is 9.79 Å². The normalized spacial score (nSPS) is 14.2. The first-order chi connectivity index (χ1) is 15.8. The van der Waals surface area contributed by atoms with E-state index >= 15 is 0 Å². The van der Waals surface area contributed by atoms with Gasteiger partial charge in [0, 0.05) is 17.7 Å². The highest BCUT2D eigenvalue weighted by molar-refractivity contribution is 9.11. The van der Waals surface area contributed by atoms with E-state index in [1.165, 1.54) is 29.8 Å². The molecule has 0 fully saturated rings. The zero-order valence-electron chi connectivity index (χ0n) is 17.2. The smallest absolute Gasteiger partial charge is 0.363 e. The Bertz CT molecular complexity index is 1280. The van der Waals surface area contributed by atoms with E-state index in [0.29, 0.717) is 32.4 Å². The predicted molar refractivity (Wildman–Crippen MR) is 131 cm³/mol. The summed E-state index contributed by atoms with van der Waals surface area (Å²) in [6.07, 6.45) is 1.60. The first kappa shape index (κ1) is 22.9. The minimum absolute atomic E-state index is 0.0566. The molecule has 0 N–H and O–H groups in total. The first-order valence-corrected chi connectivity index (χ1v) is 11.3. The van der Waals surface area contributed by atoms with E-state index in [0.717, 1.165) is 5.56 Å². The zero-order valence-corrected chi connectivity index (χ0v) is 20.4. The standard InChI is InChI=1S/C24H16Br2N2O5/c1-14-2-4-15(5-3-14)13-32-22-19(25)10-16(11-20(22)26)12-21-24(29)33-23(27-21)17-6-8-18(9-7-17)28(30)31/h2-12H,13H2,1H3/b21-12-. The molecule has 7 nitrogen and oxygen atoms in total. The molecule has 0 bridgehead atoms. The number of nitrogens with zero attached hydrogens (tertiary/aromatic N) is 2. The Balaban J connectivity index is 1.53. The van der Waals surface area contributed by atoms with Crippen molar-refractivity contribution in [3.05, 3.63) is 108 Å². The van der Waals surface area contributed by atoms with Crippen molar-refractivity contribution in [2.75, 3.05) is 0 Å². The van der Waals surface area contributed by atoms with Crippen LogP contribution in [-0.2, 0) is 16.1 Å². The number of benzene rings is 3.